The second-order valence-corrected chi connectivity index (χ2v) is 12.4. The van der Waals surface area contributed by atoms with E-state index in [1.165, 1.54) is 94.3 Å². The predicted molar refractivity (Wildman–Crippen MR) is 168 cm³/mol. The Kier molecular flexibility index (Phi) is 17.7. The molecule has 0 aromatic heterocycles. The van der Waals surface area contributed by atoms with Crippen molar-refractivity contribution in [3.8, 4) is 0 Å². The Morgan fingerprint density at radius 1 is 0.872 bits per heavy atom. The van der Waals surface area contributed by atoms with Crippen molar-refractivity contribution in [2.75, 3.05) is 0 Å². The fourth-order valence-electron chi connectivity index (χ4n) is 5.58. The molecule has 3 nitrogen and oxygen atoms in total. The molecule has 0 fully saturated rings. The molecule has 220 valence electrons. The van der Waals surface area contributed by atoms with Crippen molar-refractivity contribution in [2.24, 2.45) is 11.3 Å². The largest absolute Gasteiger partial charge is 0.481 e. The second kappa shape index (κ2) is 19.8. The van der Waals surface area contributed by atoms with Crippen LogP contribution in [0.15, 0.2) is 58.7 Å². The van der Waals surface area contributed by atoms with E-state index >= 15 is 0 Å². The molecule has 0 radical (unpaired) electrons. The van der Waals surface area contributed by atoms with Crippen LogP contribution in [-0.4, -0.2) is 16.9 Å². The highest BCUT2D eigenvalue weighted by molar-refractivity contribution is 6.04. The number of allylic oxidation sites excluding steroid dienone is 10. The van der Waals surface area contributed by atoms with Gasteiger partial charge in [-0.1, -0.05) is 139 Å². The van der Waals surface area contributed by atoms with Crippen LogP contribution in [0.1, 0.15) is 144 Å². The summed E-state index contributed by atoms with van der Waals surface area (Å²) in [5.41, 5.74) is 5.07. The number of hydrogen-bond donors (Lipinski definition) is 1. The number of carbonyl (C=O) groups excluding carboxylic acids is 1. The Bertz CT molecular complexity index is 894. The fraction of sp³-hybridized carbons (Fsp3) is 0.667. The van der Waals surface area contributed by atoms with Gasteiger partial charge in [0.15, 0.2) is 5.78 Å². The zero-order valence-corrected chi connectivity index (χ0v) is 26.1. The Morgan fingerprint density at radius 3 is 1.97 bits per heavy atom. The molecular formula is C36H58O3. The van der Waals surface area contributed by atoms with Crippen LogP contribution in [0, 0.1) is 11.3 Å². The van der Waals surface area contributed by atoms with E-state index in [2.05, 4.69) is 46.8 Å². The molecule has 0 spiro atoms. The van der Waals surface area contributed by atoms with Gasteiger partial charge in [-0.2, -0.15) is 0 Å². The van der Waals surface area contributed by atoms with Crippen molar-refractivity contribution >= 4 is 11.8 Å². The maximum Gasteiger partial charge on any atom is 0.314 e. The topological polar surface area (TPSA) is 54.4 Å². The summed E-state index contributed by atoms with van der Waals surface area (Å²) in [6.45, 7) is 13.1. The van der Waals surface area contributed by atoms with Crippen molar-refractivity contribution in [3.05, 3.63) is 58.7 Å². The number of unbranched alkanes of at least 4 members (excludes halogenated alkanes) is 11. The summed E-state index contributed by atoms with van der Waals surface area (Å²) in [6.07, 6.45) is 30.7. The highest BCUT2D eigenvalue weighted by atomic mass is 16.4. The van der Waals surface area contributed by atoms with Gasteiger partial charge in [0.25, 0.3) is 0 Å². The van der Waals surface area contributed by atoms with Crippen LogP contribution in [0.3, 0.4) is 0 Å². The number of hydrogen-bond acceptors (Lipinski definition) is 2. The van der Waals surface area contributed by atoms with E-state index in [9.17, 15) is 14.7 Å². The molecule has 0 aromatic carbocycles. The van der Waals surface area contributed by atoms with Crippen molar-refractivity contribution in [2.45, 2.75) is 144 Å². The Morgan fingerprint density at radius 2 is 1.44 bits per heavy atom. The lowest BCUT2D eigenvalue weighted by Crippen LogP contribution is -2.22. The third kappa shape index (κ3) is 15.3. The number of carboxylic acid groups (broad SMARTS) is 1. The van der Waals surface area contributed by atoms with Gasteiger partial charge in [0, 0.05) is 0 Å². The van der Waals surface area contributed by atoms with Crippen molar-refractivity contribution < 1.29 is 14.7 Å². The first-order valence-corrected chi connectivity index (χ1v) is 15.8. The smallest absolute Gasteiger partial charge is 0.314 e. The number of carbonyl (C=O) groups is 2. The Balaban J connectivity index is 2.44. The van der Waals surface area contributed by atoms with Gasteiger partial charge in [0.1, 0.15) is 5.92 Å². The third-order valence-electron chi connectivity index (χ3n) is 8.13. The second-order valence-electron chi connectivity index (χ2n) is 12.4. The van der Waals surface area contributed by atoms with Gasteiger partial charge < -0.3 is 5.11 Å². The van der Waals surface area contributed by atoms with E-state index in [1.807, 2.05) is 25.2 Å². The van der Waals surface area contributed by atoms with Crippen molar-refractivity contribution in [1.29, 1.82) is 0 Å². The van der Waals surface area contributed by atoms with Gasteiger partial charge >= 0.3 is 5.97 Å². The summed E-state index contributed by atoms with van der Waals surface area (Å²) < 4.78 is 0. The number of aliphatic carboxylic acids is 1. The minimum Gasteiger partial charge on any atom is -0.481 e. The van der Waals surface area contributed by atoms with Gasteiger partial charge in [-0.05, 0) is 69.1 Å². The fourth-order valence-corrected chi connectivity index (χ4v) is 5.58. The molecule has 0 aromatic rings. The number of rotatable bonds is 20. The molecule has 1 N–H and O–H groups in total. The van der Waals surface area contributed by atoms with Crippen molar-refractivity contribution in [3.63, 3.8) is 0 Å². The zero-order valence-electron chi connectivity index (χ0n) is 26.1. The summed E-state index contributed by atoms with van der Waals surface area (Å²) in [6, 6.07) is 0. The standard InChI is InChI=1S/C36H58O3/c1-7-8-9-10-11-12-13-14-15-16-17-18-24-32(35(38)39)34(37)28-30(3)22-19-21-29(2)25-26-33-31(4)23-20-27-36(33,5)6/h19,21-22,25-26,28,32H,7-18,20,23-24,27H2,1-6H3,(H,38,39)/b22-19+,26-25+,29-21+,30-28+. The van der Waals surface area contributed by atoms with Crippen LogP contribution in [0.25, 0.3) is 0 Å². The van der Waals surface area contributed by atoms with Gasteiger partial charge in [-0.25, -0.2) is 0 Å². The summed E-state index contributed by atoms with van der Waals surface area (Å²) in [5.74, 6) is -2.24. The molecule has 0 saturated carbocycles. The van der Waals surface area contributed by atoms with Crippen LogP contribution in [0.2, 0.25) is 0 Å². The van der Waals surface area contributed by atoms with Crippen LogP contribution in [-0.2, 0) is 9.59 Å². The van der Waals surface area contributed by atoms with Gasteiger partial charge in [-0.15, -0.1) is 0 Å². The highest BCUT2D eigenvalue weighted by Crippen LogP contribution is 2.40. The molecule has 0 heterocycles. The molecule has 1 unspecified atom stereocenters. The summed E-state index contributed by atoms with van der Waals surface area (Å²) >= 11 is 0. The molecule has 1 rings (SSSR count). The molecule has 1 aliphatic carbocycles. The Labute approximate surface area is 240 Å². The molecule has 0 aliphatic heterocycles. The minimum absolute atomic E-state index is 0.225. The van der Waals surface area contributed by atoms with Crippen LogP contribution < -0.4 is 0 Å². The van der Waals surface area contributed by atoms with E-state index in [1.54, 1.807) is 0 Å². The molecule has 3 heteroatoms. The average Bonchev–Trinajstić information content (AvgIpc) is 2.85. The first kappa shape index (κ1) is 34.9. The lowest BCUT2D eigenvalue weighted by atomic mass is 9.72. The number of ketones is 1. The molecule has 0 bridgehead atoms. The van der Waals surface area contributed by atoms with Crippen LogP contribution in [0.5, 0.6) is 0 Å². The van der Waals surface area contributed by atoms with E-state index < -0.39 is 11.9 Å². The van der Waals surface area contributed by atoms with Gasteiger partial charge in [0.05, 0.1) is 0 Å². The molecular weight excluding hydrogens is 480 g/mol. The Hall–Kier alpha value is -2.16. The molecule has 0 amide bonds. The van der Waals surface area contributed by atoms with E-state index in [4.69, 9.17) is 0 Å². The highest BCUT2D eigenvalue weighted by Gasteiger charge is 2.26. The van der Waals surface area contributed by atoms with Gasteiger partial charge in [0.2, 0.25) is 0 Å². The first-order chi connectivity index (χ1) is 18.6. The SMILES string of the molecule is CCCCCCCCCCCCCCC(C(=O)O)C(=O)/C=C(C)/C=C/C=C(C)/C=C/C1=C(C)CCCC1(C)C. The normalized spacial score (nSPS) is 17.4. The lowest BCUT2D eigenvalue weighted by molar-refractivity contribution is -0.145. The first-order valence-electron chi connectivity index (χ1n) is 15.8. The van der Waals surface area contributed by atoms with Gasteiger partial charge in [-0.3, -0.25) is 9.59 Å². The molecule has 39 heavy (non-hydrogen) atoms. The summed E-state index contributed by atoms with van der Waals surface area (Å²) in [5, 5.41) is 9.62. The van der Waals surface area contributed by atoms with Crippen LogP contribution >= 0.6 is 0 Å². The lowest BCUT2D eigenvalue weighted by Gasteiger charge is -2.32. The monoisotopic (exact) mass is 538 g/mol. The van der Waals surface area contributed by atoms with E-state index in [-0.39, 0.29) is 11.2 Å². The zero-order chi connectivity index (χ0) is 29.1. The molecule has 1 atom stereocenters. The summed E-state index contributed by atoms with van der Waals surface area (Å²) in [7, 11) is 0. The van der Waals surface area contributed by atoms with Crippen LogP contribution in [0.4, 0.5) is 0 Å². The molecule has 0 saturated heterocycles. The van der Waals surface area contributed by atoms with E-state index in [0.717, 1.165) is 30.4 Å². The maximum absolute atomic E-state index is 12.7. The average molecular weight is 539 g/mol. The quantitative estimate of drug-likeness (QED) is 0.0725. The van der Waals surface area contributed by atoms with Crippen molar-refractivity contribution in [1.82, 2.24) is 0 Å². The van der Waals surface area contributed by atoms with E-state index in [0.29, 0.717) is 6.42 Å². The maximum atomic E-state index is 12.7. The third-order valence-corrected chi connectivity index (χ3v) is 8.13. The number of carboxylic acids is 1. The predicted octanol–water partition coefficient (Wildman–Crippen LogP) is 10.9. The summed E-state index contributed by atoms with van der Waals surface area (Å²) in [4.78, 5) is 24.4. The molecule has 1 aliphatic rings. The minimum atomic E-state index is -1.01.